The standard InChI is InChI=1S/C8H6BrClN4/c9-6-2-1-5(10)3-7(6)14-4-12-8(11)13-14/h1-4H,(H2,11,13). The highest BCUT2D eigenvalue weighted by molar-refractivity contribution is 9.10. The predicted molar refractivity (Wildman–Crippen MR) is 58.5 cm³/mol. The predicted octanol–water partition coefficient (Wildman–Crippen LogP) is 2.27. The Balaban J connectivity index is 2.55. The van der Waals surface area contributed by atoms with Crippen LogP contribution in [0.1, 0.15) is 0 Å². The van der Waals surface area contributed by atoms with Crippen molar-refractivity contribution in [2.45, 2.75) is 0 Å². The highest BCUT2D eigenvalue weighted by Gasteiger charge is 2.04. The molecule has 2 N–H and O–H groups in total. The Morgan fingerprint density at radius 1 is 1.43 bits per heavy atom. The summed E-state index contributed by atoms with van der Waals surface area (Å²) in [5, 5.41) is 4.61. The largest absolute Gasteiger partial charge is 0.366 e. The summed E-state index contributed by atoms with van der Waals surface area (Å²) >= 11 is 9.25. The van der Waals surface area contributed by atoms with Gasteiger partial charge in [0.15, 0.2) is 0 Å². The minimum Gasteiger partial charge on any atom is -0.366 e. The first-order chi connectivity index (χ1) is 6.66. The van der Waals surface area contributed by atoms with E-state index in [0.717, 1.165) is 10.2 Å². The SMILES string of the molecule is Nc1ncn(-c2cc(Cl)ccc2Br)n1. The van der Waals surface area contributed by atoms with Crippen LogP contribution in [0, 0.1) is 0 Å². The van der Waals surface area contributed by atoms with Crippen molar-refractivity contribution in [3.05, 3.63) is 34.0 Å². The molecule has 6 heteroatoms. The lowest BCUT2D eigenvalue weighted by Crippen LogP contribution is -1.97. The average Bonchev–Trinajstić information content (AvgIpc) is 2.56. The summed E-state index contributed by atoms with van der Waals surface area (Å²) in [5.41, 5.74) is 6.22. The third-order valence-electron chi connectivity index (χ3n) is 1.66. The smallest absolute Gasteiger partial charge is 0.239 e. The van der Waals surface area contributed by atoms with Gasteiger partial charge in [-0.2, -0.15) is 0 Å². The van der Waals surface area contributed by atoms with Crippen molar-refractivity contribution in [2.24, 2.45) is 0 Å². The van der Waals surface area contributed by atoms with Crippen LogP contribution in [0.15, 0.2) is 29.0 Å². The minimum atomic E-state index is 0.233. The number of nitrogens with zero attached hydrogens (tertiary/aromatic N) is 3. The van der Waals surface area contributed by atoms with Crippen LogP contribution >= 0.6 is 27.5 Å². The molecule has 72 valence electrons. The number of hydrogen-bond donors (Lipinski definition) is 1. The van der Waals surface area contributed by atoms with E-state index < -0.39 is 0 Å². The number of nitrogen functional groups attached to an aromatic ring is 1. The van der Waals surface area contributed by atoms with Crippen molar-refractivity contribution in [1.29, 1.82) is 0 Å². The van der Waals surface area contributed by atoms with E-state index in [2.05, 4.69) is 26.0 Å². The summed E-state index contributed by atoms with van der Waals surface area (Å²) in [6, 6.07) is 5.41. The van der Waals surface area contributed by atoms with E-state index in [1.165, 1.54) is 6.33 Å². The molecule has 1 aromatic carbocycles. The van der Waals surface area contributed by atoms with Gasteiger partial charge in [0.25, 0.3) is 0 Å². The first-order valence-corrected chi connectivity index (χ1v) is 4.96. The summed E-state index contributed by atoms with van der Waals surface area (Å²) in [7, 11) is 0. The van der Waals surface area contributed by atoms with E-state index in [-0.39, 0.29) is 5.95 Å². The van der Waals surface area contributed by atoms with Gasteiger partial charge in [-0.3, -0.25) is 0 Å². The zero-order valence-electron chi connectivity index (χ0n) is 6.98. The van der Waals surface area contributed by atoms with E-state index in [1.54, 1.807) is 16.8 Å². The van der Waals surface area contributed by atoms with Crippen LogP contribution in [-0.2, 0) is 0 Å². The quantitative estimate of drug-likeness (QED) is 0.867. The lowest BCUT2D eigenvalue weighted by atomic mass is 10.3. The van der Waals surface area contributed by atoms with Gasteiger partial charge in [0.2, 0.25) is 5.95 Å². The molecule has 0 radical (unpaired) electrons. The molecule has 0 amide bonds. The maximum Gasteiger partial charge on any atom is 0.239 e. The van der Waals surface area contributed by atoms with E-state index in [9.17, 15) is 0 Å². The van der Waals surface area contributed by atoms with Gasteiger partial charge in [0.1, 0.15) is 6.33 Å². The number of aromatic nitrogens is 3. The number of hydrogen-bond acceptors (Lipinski definition) is 3. The highest BCUT2D eigenvalue weighted by Crippen LogP contribution is 2.23. The Morgan fingerprint density at radius 3 is 2.86 bits per heavy atom. The van der Waals surface area contributed by atoms with Crippen molar-refractivity contribution in [2.75, 3.05) is 5.73 Å². The molecule has 2 aromatic rings. The first-order valence-electron chi connectivity index (χ1n) is 3.79. The Kier molecular flexibility index (Phi) is 2.43. The zero-order valence-corrected chi connectivity index (χ0v) is 9.33. The third kappa shape index (κ3) is 1.73. The van der Waals surface area contributed by atoms with Crippen molar-refractivity contribution < 1.29 is 0 Å². The molecule has 0 saturated heterocycles. The molecule has 14 heavy (non-hydrogen) atoms. The molecule has 0 spiro atoms. The average molecular weight is 274 g/mol. The van der Waals surface area contributed by atoms with Crippen LogP contribution in [0.2, 0.25) is 5.02 Å². The molecule has 1 heterocycles. The summed E-state index contributed by atoms with van der Waals surface area (Å²) in [6.45, 7) is 0. The topological polar surface area (TPSA) is 56.7 Å². The Morgan fingerprint density at radius 2 is 2.21 bits per heavy atom. The summed E-state index contributed by atoms with van der Waals surface area (Å²) in [4.78, 5) is 3.83. The third-order valence-corrected chi connectivity index (χ3v) is 2.57. The molecule has 0 aliphatic rings. The Hall–Kier alpha value is -1.07. The fraction of sp³-hybridized carbons (Fsp3) is 0. The molecule has 0 saturated carbocycles. The van der Waals surface area contributed by atoms with Gasteiger partial charge in [0, 0.05) is 9.50 Å². The molecule has 0 bridgehead atoms. The monoisotopic (exact) mass is 272 g/mol. The van der Waals surface area contributed by atoms with Gasteiger partial charge in [-0.05, 0) is 34.1 Å². The molecule has 2 rings (SSSR count). The number of halogens is 2. The maximum atomic E-state index is 5.86. The number of benzene rings is 1. The van der Waals surface area contributed by atoms with Crippen LogP contribution < -0.4 is 5.73 Å². The molecule has 0 aliphatic carbocycles. The molecular formula is C8H6BrClN4. The van der Waals surface area contributed by atoms with E-state index >= 15 is 0 Å². The van der Waals surface area contributed by atoms with Gasteiger partial charge < -0.3 is 5.73 Å². The second kappa shape index (κ2) is 3.59. The zero-order chi connectivity index (χ0) is 10.1. The lowest BCUT2D eigenvalue weighted by Gasteiger charge is -2.03. The second-order valence-electron chi connectivity index (χ2n) is 2.64. The Bertz CT molecular complexity index is 468. The fourth-order valence-electron chi connectivity index (χ4n) is 1.05. The van der Waals surface area contributed by atoms with Crippen LogP contribution in [0.5, 0.6) is 0 Å². The van der Waals surface area contributed by atoms with Crippen LogP contribution in [-0.4, -0.2) is 14.8 Å². The summed E-state index contributed by atoms with van der Waals surface area (Å²) in [5.74, 6) is 0.233. The van der Waals surface area contributed by atoms with Crippen molar-refractivity contribution in [3.63, 3.8) is 0 Å². The summed E-state index contributed by atoms with van der Waals surface area (Å²) in [6.07, 6.45) is 1.53. The molecule has 4 nitrogen and oxygen atoms in total. The first kappa shape index (κ1) is 9.48. The van der Waals surface area contributed by atoms with Crippen LogP contribution in [0.25, 0.3) is 5.69 Å². The van der Waals surface area contributed by atoms with Crippen LogP contribution in [0.4, 0.5) is 5.95 Å². The van der Waals surface area contributed by atoms with E-state index in [0.29, 0.717) is 5.02 Å². The Labute approximate surface area is 93.8 Å². The highest BCUT2D eigenvalue weighted by atomic mass is 79.9. The maximum absolute atomic E-state index is 5.86. The van der Waals surface area contributed by atoms with Crippen LogP contribution in [0.3, 0.4) is 0 Å². The number of anilines is 1. The van der Waals surface area contributed by atoms with E-state index in [4.69, 9.17) is 17.3 Å². The fourth-order valence-corrected chi connectivity index (χ4v) is 1.65. The normalized spacial score (nSPS) is 10.4. The molecule has 0 unspecified atom stereocenters. The number of rotatable bonds is 1. The van der Waals surface area contributed by atoms with Crippen molar-refractivity contribution >= 4 is 33.5 Å². The number of nitrogens with two attached hydrogens (primary N) is 1. The van der Waals surface area contributed by atoms with E-state index in [1.807, 2.05) is 6.07 Å². The van der Waals surface area contributed by atoms with Gasteiger partial charge >= 0.3 is 0 Å². The second-order valence-corrected chi connectivity index (χ2v) is 3.93. The van der Waals surface area contributed by atoms with Gasteiger partial charge in [0.05, 0.1) is 5.69 Å². The lowest BCUT2D eigenvalue weighted by molar-refractivity contribution is 0.879. The summed E-state index contributed by atoms with van der Waals surface area (Å²) < 4.78 is 2.44. The van der Waals surface area contributed by atoms with Gasteiger partial charge in [-0.15, -0.1) is 5.10 Å². The van der Waals surface area contributed by atoms with Gasteiger partial charge in [-0.1, -0.05) is 11.6 Å². The molecule has 1 aromatic heterocycles. The molecule has 0 atom stereocenters. The van der Waals surface area contributed by atoms with Gasteiger partial charge in [-0.25, -0.2) is 9.67 Å². The van der Waals surface area contributed by atoms with Crippen molar-refractivity contribution in [1.82, 2.24) is 14.8 Å². The minimum absolute atomic E-state index is 0.233. The van der Waals surface area contributed by atoms with Crippen molar-refractivity contribution in [3.8, 4) is 5.69 Å². The molecule has 0 fully saturated rings. The molecule has 0 aliphatic heterocycles. The molecular weight excluding hydrogens is 267 g/mol.